The lowest BCUT2D eigenvalue weighted by atomic mass is 9.76. The number of benzene rings is 2. The summed E-state index contributed by atoms with van der Waals surface area (Å²) in [5, 5.41) is 7.22. The molecule has 0 unspecified atom stereocenters. The number of methoxy groups -OCH3 is 1. The van der Waals surface area contributed by atoms with Crippen molar-refractivity contribution >= 4 is 52.3 Å². The highest BCUT2D eigenvalue weighted by molar-refractivity contribution is 5.96. The van der Waals surface area contributed by atoms with Crippen LogP contribution in [0.25, 0.3) is 10.9 Å². The summed E-state index contributed by atoms with van der Waals surface area (Å²) >= 11 is 0. The van der Waals surface area contributed by atoms with Gasteiger partial charge in [0.1, 0.15) is 23.7 Å². The maximum atomic E-state index is 14.0. The lowest BCUT2D eigenvalue weighted by Gasteiger charge is -2.35. The maximum absolute atomic E-state index is 14.0. The second-order valence-electron chi connectivity index (χ2n) is 14.5. The number of carbonyl (C=O) groups excluding carboxylic acids is 3. The Kier molecular flexibility index (Phi) is 13.2. The Labute approximate surface area is 297 Å². The summed E-state index contributed by atoms with van der Waals surface area (Å²) in [6, 6.07) is 11.3. The fourth-order valence-corrected chi connectivity index (χ4v) is 6.94. The number of rotatable bonds is 13. The summed E-state index contributed by atoms with van der Waals surface area (Å²) in [4.78, 5) is 54.1. The molecule has 3 heterocycles. The van der Waals surface area contributed by atoms with Crippen molar-refractivity contribution in [3.8, 4) is 5.75 Å². The zero-order valence-corrected chi connectivity index (χ0v) is 30.7. The van der Waals surface area contributed by atoms with Gasteiger partial charge in [-0.15, -0.1) is 12.4 Å². The Hall–Kier alpha value is -3.60. The molecule has 10 nitrogen and oxygen atoms in total. The second-order valence-corrected chi connectivity index (χ2v) is 14.5. The molecular formula is C38H53ClN6O4. The Bertz CT molecular complexity index is 1600. The van der Waals surface area contributed by atoms with Gasteiger partial charge in [-0.05, 0) is 81.9 Å². The fraction of sp³-hybridized carbons (Fsp3) is 0.553. The van der Waals surface area contributed by atoms with Crippen molar-refractivity contribution in [2.75, 3.05) is 39.1 Å². The minimum atomic E-state index is -0.548. The van der Waals surface area contributed by atoms with E-state index in [1.165, 1.54) is 31.2 Å². The molecule has 0 saturated carbocycles. The molecule has 0 aliphatic carbocycles. The van der Waals surface area contributed by atoms with E-state index in [1.54, 1.807) is 19.1 Å². The molecule has 49 heavy (non-hydrogen) atoms. The minimum Gasteiger partial charge on any atom is -0.496 e. The van der Waals surface area contributed by atoms with Crippen LogP contribution in [0, 0.1) is 11.3 Å². The van der Waals surface area contributed by atoms with Crippen LogP contribution < -0.4 is 15.4 Å². The molecule has 11 heteroatoms. The van der Waals surface area contributed by atoms with E-state index in [-0.39, 0.29) is 48.8 Å². The van der Waals surface area contributed by atoms with Crippen LogP contribution in [-0.2, 0) is 27.3 Å². The summed E-state index contributed by atoms with van der Waals surface area (Å²) in [6.45, 7) is 11.5. The highest BCUT2D eigenvalue weighted by atomic mass is 35.5. The molecule has 3 aromatic rings. The van der Waals surface area contributed by atoms with Gasteiger partial charge in [0.25, 0.3) is 0 Å². The van der Waals surface area contributed by atoms with Gasteiger partial charge < -0.3 is 20.3 Å². The molecule has 3 atom stereocenters. The zero-order chi connectivity index (χ0) is 34.4. The first-order chi connectivity index (χ1) is 23.0. The molecule has 2 aliphatic rings. The predicted molar refractivity (Wildman–Crippen MR) is 197 cm³/mol. The Morgan fingerprint density at radius 1 is 1.00 bits per heavy atom. The molecule has 2 N–H and O–H groups in total. The molecule has 2 saturated heterocycles. The maximum Gasteiger partial charge on any atom is 0.227 e. The van der Waals surface area contributed by atoms with Gasteiger partial charge in [-0.25, -0.2) is 9.97 Å². The van der Waals surface area contributed by atoms with Crippen molar-refractivity contribution in [1.82, 2.24) is 25.1 Å². The number of hydrogen-bond acceptors (Lipinski definition) is 9. The standard InChI is InChI=1S/C38H52N6O4.ClH/c1-25(39-5)33(45)21-30(38(2,3)4)37(47)44-18-10-11-32(44)34(46)20-27-19-29-31(22-35(27)48-6)40-24-41-36(29)42-28-14-12-26(13-15-28)23-43-16-8-7-9-17-43;/h12-15,19,22,24-25,30,32,39H,7-11,16-18,20-21,23H2,1-6H3,(H,40,41,42);1H/t25-,30+,32-;/m0./s1. The number of fused-ring (bicyclic) bond motifs is 1. The number of amides is 1. The van der Waals surface area contributed by atoms with E-state index in [9.17, 15) is 14.4 Å². The summed E-state index contributed by atoms with van der Waals surface area (Å²) in [6.07, 6.45) is 6.97. The number of aromatic nitrogens is 2. The van der Waals surface area contributed by atoms with Gasteiger partial charge in [0, 0.05) is 54.6 Å². The molecule has 0 radical (unpaired) electrons. The molecule has 0 bridgehead atoms. The molecule has 5 rings (SSSR count). The third-order valence-electron chi connectivity index (χ3n) is 10.0. The largest absolute Gasteiger partial charge is 0.496 e. The van der Waals surface area contributed by atoms with E-state index in [4.69, 9.17) is 4.74 Å². The fourth-order valence-electron chi connectivity index (χ4n) is 6.94. The number of nitrogens with zero attached hydrogens (tertiary/aromatic N) is 4. The summed E-state index contributed by atoms with van der Waals surface area (Å²) < 4.78 is 5.72. The van der Waals surface area contributed by atoms with Crippen molar-refractivity contribution in [1.29, 1.82) is 0 Å². The predicted octanol–water partition coefficient (Wildman–Crippen LogP) is 6.12. The number of carbonyl (C=O) groups is 3. The Balaban J connectivity index is 0.00000541. The third-order valence-corrected chi connectivity index (χ3v) is 10.0. The smallest absolute Gasteiger partial charge is 0.227 e. The minimum absolute atomic E-state index is 0. The van der Waals surface area contributed by atoms with Crippen LogP contribution >= 0.6 is 12.4 Å². The summed E-state index contributed by atoms with van der Waals surface area (Å²) in [7, 11) is 3.33. The van der Waals surface area contributed by atoms with Crippen molar-refractivity contribution < 1.29 is 19.1 Å². The first-order valence-corrected chi connectivity index (χ1v) is 17.4. The van der Waals surface area contributed by atoms with E-state index in [0.717, 1.165) is 42.7 Å². The van der Waals surface area contributed by atoms with E-state index < -0.39 is 17.4 Å². The van der Waals surface area contributed by atoms with E-state index in [0.29, 0.717) is 30.0 Å². The lowest BCUT2D eigenvalue weighted by molar-refractivity contribution is -0.145. The molecule has 1 amide bonds. The quantitative estimate of drug-likeness (QED) is 0.219. The Morgan fingerprint density at radius 3 is 2.37 bits per heavy atom. The monoisotopic (exact) mass is 692 g/mol. The highest BCUT2D eigenvalue weighted by Gasteiger charge is 2.42. The third kappa shape index (κ3) is 9.35. The number of nitrogens with one attached hydrogen (secondary N) is 2. The SMILES string of the molecule is CN[C@@H](C)C(=O)C[C@H](C(=O)N1CCC[C@H]1C(=O)Cc1cc2c(Nc3ccc(CN4CCCCC4)cc3)ncnc2cc1OC)C(C)(C)C.Cl. The van der Waals surface area contributed by atoms with Crippen molar-refractivity contribution in [2.24, 2.45) is 11.3 Å². The van der Waals surface area contributed by atoms with Crippen LogP contribution in [0.15, 0.2) is 42.7 Å². The molecule has 2 aliphatic heterocycles. The van der Waals surface area contributed by atoms with Gasteiger partial charge >= 0.3 is 0 Å². The highest BCUT2D eigenvalue weighted by Crippen LogP contribution is 2.35. The number of piperidine rings is 1. The van der Waals surface area contributed by atoms with Gasteiger partial charge in [0.05, 0.1) is 24.7 Å². The molecule has 1 aromatic heterocycles. The first-order valence-electron chi connectivity index (χ1n) is 17.4. The van der Waals surface area contributed by atoms with Crippen LogP contribution in [0.1, 0.15) is 77.3 Å². The van der Waals surface area contributed by atoms with E-state index >= 15 is 0 Å². The molecule has 2 fully saturated rings. The molecule has 2 aromatic carbocycles. The van der Waals surface area contributed by atoms with Crippen molar-refractivity contribution in [3.63, 3.8) is 0 Å². The first kappa shape index (κ1) is 38.2. The normalized spacial score (nSPS) is 18.1. The number of Topliss-reactive ketones (excluding diaryl/α,β-unsaturated/α-hetero) is 2. The van der Waals surface area contributed by atoms with Crippen LogP contribution in [0.4, 0.5) is 11.5 Å². The number of hydrogen-bond donors (Lipinski definition) is 2. The van der Waals surface area contributed by atoms with Gasteiger partial charge in [-0.1, -0.05) is 39.3 Å². The van der Waals surface area contributed by atoms with E-state index in [1.807, 2.05) is 39.8 Å². The topological polar surface area (TPSA) is 117 Å². The lowest BCUT2D eigenvalue weighted by Crippen LogP contribution is -2.48. The van der Waals surface area contributed by atoms with Crippen LogP contribution in [0.2, 0.25) is 0 Å². The number of likely N-dealkylation sites (N-methyl/N-ethyl adjacent to an activating group) is 1. The number of ether oxygens (including phenoxy) is 1. The summed E-state index contributed by atoms with van der Waals surface area (Å²) in [5.41, 5.74) is 3.19. The van der Waals surface area contributed by atoms with Crippen molar-refractivity contribution in [2.45, 2.75) is 91.3 Å². The van der Waals surface area contributed by atoms with Gasteiger partial charge in [-0.3, -0.25) is 19.3 Å². The van der Waals surface area contributed by atoms with Gasteiger partial charge in [0.15, 0.2) is 5.78 Å². The zero-order valence-electron chi connectivity index (χ0n) is 29.9. The average molecular weight is 693 g/mol. The summed E-state index contributed by atoms with van der Waals surface area (Å²) in [5.74, 6) is 0.519. The number of likely N-dealkylation sites (tertiary alicyclic amines) is 2. The van der Waals surface area contributed by atoms with E-state index in [2.05, 4.69) is 49.8 Å². The number of halogens is 1. The van der Waals surface area contributed by atoms with Gasteiger partial charge in [0.2, 0.25) is 5.91 Å². The Morgan fingerprint density at radius 2 is 1.71 bits per heavy atom. The molecule has 0 spiro atoms. The molecular weight excluding hydrogens is 640 g/mol. The second kappa shape index (κ2) is 16.9. The van der Waals surface area contributed by atoms with Gasteiger partial charge in [-0.2, -0.15) is 0 Å². The van der Waals surface area contributed by atoms with Crippen LogP contribution in [0.5, 0.6) is 5.75 Å². The van der Waals surface area contributed by atoms with Crippen LogP contribution in [0.3, 0.4) is 0 Å². The van der Waals surface area contributed by atoms with Crippen LogP contribution in [-0.4, -0.2) is 83.1 Å². The number of ketones is 2. The van der Waals surface area contributed by atoms with Crippen molar-refractivity contribution in [3.05, 3.63) is 53.9 Å². The molecule has 266 valence electrons. The number of anilines is 2. The average Bonchev–Trinajstić information content (AvgIpc) is 3.58.